The van der Waals surface area contributed by atoms with Gasteiger partial charge in [-0.1, -0.05) is 30.3 Å². The maximum Gasteiger partial charge on any atom is 0.326 e. The minimum absolute atomic E-state index is 0.0540. The van der Waals surface area contributed by atoms with E-state index >= 15 is 0 Å². The lowest BCUT2D eigenvalue weighted by atomic mass is 10.0. The highest BCUT2D eigenvalue weighted by molar-refractivity contribution is 7.80. The molecule has 35 heavy (non-hydrogen) atoms. The van der Waals surface area contributed by atoms with Crippen molar-refractivity contribution in [1.29, 1.82) is 0 Å². The summed E-state index contributed by atoms with van der Waals surface area (Å²) in [5.41, 5.74) is 16.9. The van der Waals surface area contributed by atoms with Gasteiger partial charge in [-0.2, -0.15) is 12.6 Å². The quantitative estimate of drug-likeness (QED) is 0.0918. The molecule has 10 N–H and O–H groups in total. The van der Waals surface area contributed by atoms with Gasteiger partial charge in [-0.05, 0) is 31.4 Å². The molecule has 194 valence electrons. The third-order valence-electron chi connectivity index (χ3n) is 5.05. The van der Waals surface area contributed by atoms with Crippen molar-refractivity contribution in [1.82, 2.24) is 16.0 Å². The van der Waals surface area contributed by atoms with Crippen molar-refractivity contribution in [3.05, 3.63) is 35.9 Å². The fourth-order valence-corrected chi connectivity index (χ4v) is 3.40. The molecule has 4 atom stereocenters. The number of amides is 4. The largest absolute Gasteiger partial charge is 0.480 e. The predicted molar refractivity (Wildman–Crippen MR) is 132 cm³/mol. The molecule has 0 aliphatic heterocycles. The Hall–Kier alpha value is -3.16. The number of carbonyl (C=O) groups excluding carboxylic acids is 4. The Bertz CT molecular complexity index is 871. The zero-order valence-electron chi connectivity index (χ0n) is 19.3. The van der Waals surface area contributed by atoms with Crippen molar-refractivity contribution in [3.63, 3.8) is 0 Å². The Morgan fingerprint density at radius 1 is 0.886 bits per heavy atom. The van der Waals surface area contributed by atoms with Gasteiger partial charge in [0.15, 0.2) is 0 Å². The number of nitrogens with two attached hydrogens (primary N) is 3. The number of hydrogen-bond acceptors (Lipinski definition) is 8. The van der Waals surface area contributed by atoms with Gasteiger partial charge in [0.2, 0.25) is 23.6 Å². The van der Waals surface area contributed by atoms with E-state index in [0.29, 0.717) is 24.9 Å². The van der Waals surface area contributed by atoms with Crippen molar-refractivity contribution in [2.45, 2.75) is 56.3 Å². The number of rotatable bonds is 16. The number of primary amides is 1. The number of nitrogens with one attached hydrogen (secondary N) is 3. The molecule has 0 bridgehead atoms. The molecular formula is C22H34N6O6S. The van der Waals surface area contributed by atoms with E-state index in [1.165, 1.54) is 0 Å². The van der Waals surface area contributed by atoms with E-state index in [0.717, 1.165) is 0 Å². The second-order valence-corrected chi connectivity index (χ2v) is 8.32. The molecule has 0 spiro atoms. The molecule has 13 heteroatoms. The van der Waals surface area contributed by atoms with E-state index in [1.807, 2.05) is 0 Å². The van der Waals surface area contributed by atoms with Crippen molar-refractivity contribution >= 4 is 42.2 Å². The zero-order valence-corrected chi connectivity index (χ0v) is 20.2. The standard InChI is InChI=1S/C22H34N6O6S/c23-9-5-4-8-15(20(31)27-16(22(33)34)10-13-6-2-1-3-7-13)26-21(32)17(12-35)28-19(30)14(24)11-18(25)29/h1-3,6-7,14-17,35H,4-5,8-12,23-24H2,(H2,25,29)(H,26,32)(H,27,31)(H,28,30)(H,33,34). The van der Waals surface area contributed by atoms with E-state index in [9.17, 15) is 29.1 Å². The molecule has 4 unspecified atom stereocenters. The first kappa shape index (κ1) is 29.9. The number of unbranched alkanes of at least 4 members (excludes halogenated alkanes) is 1. The van der Waals surface area contributed by atoms with Crippen LogP contribution in [0.4, 0.5) is 0 Å². The zero-order chi connectivity index (χ0) is 26.4. The van der Waals surface area contributed by atoms with E-state index in [4.69, 9.17) is 17.2 Å². The van der Waals surface area contributed by atoms with E-state index in [2.05, 4.69) is 28.6 Å². The topological polar surface area (TPSA) is 220 Å². The fraction of sp³-hybridized carbons (Fsp3) is 0.500. The van der Waals surface area contributed by atoms with Gasteiger partial charge in [0.25, 0.3) is 0 Å². The third-order valence-corrected chi connectivity index (χ3v) is 5.42. The summed E-state index contributed by atoms with van der Waals surface area (Å²) < 4.78 is 0. The van der Waals surface area contributed by atoms with E-state index in [1.54, 1.807) is 30.3 Å². The molecule has 0 fully saturated rings. The molecule has 4 amide bonds. The Balaban J connectivity index is 2.90. The summed E-state index contributed by atoms with van der Waals surface area (Å²) in [6.45, 7) is 0.376. The van der Waals surface area contributed by atoms with Crippen LogP contribution >= 0.6 is 12.6 Å². The first-order valence-corrected chi connectivity index (χ1v) is 11.7. The van der Waals surface area contributed by atoms with Crippen LogP contribution in [0.1, 0.15) is 31.2 Å². The van der Waals surface area contributed by atoms with E-state index in [-0.39, 0.29) is 18.6 Å². The molecule has 1 rings (SSSR count). The highest BCUT2D eigenvalue weighted by Gasteiger charge is 2.30. The van der Waals surface area contributed by atoms with Gasteiger partial charge >= 0.3 is 5.97 Å². The van der Waals surface area contributed by atoms with Gasteiger partial charge in [-0.3, -0.25) is 19.2 Å². The predicted octanol–water partition coefficient (Wildman–Crippen LogP) is -1.97. The van der Waals surface area contributed by atoms with E-state index < -0.39 is 60.2 Å². The third kappa shape index (κ3) is 11.2. The van der Waals surface area contributed by atoms with Crippen LogP contribution in [-0.2, 0) is 30.4 Å². The summed E-state index contributed by atoms with van der Waals surface area (Å²) >= 11 is 4.06. The van der Waals surface area contributed by atoms with Gasteiger partial charge in [0, 0.05) is 12.2 Å². The first-order valence-electron chi connectivity index (χ1n) is 11.1. The Kier molecular flexibility index (Phi) is 13.4. The molecule has 0 radical (unpaired) electrons. The highest BCUT2D eigenvalue weighted by atomic mass is 32.1. The van der Waals surface area contributed by atoms with Gasteiger partial charge < -0.3 is 38.3 Å². The van der Waals surface area contributed by atoms with Crippen LogP contribution in [0.3, 0.4) is 0 Å². The Morgan fingerprint density at radius 2 is 1.46 bits per heavy atom. The number of carbonyl (C=O) groups is 5. The van der Waals surface area contributed by atoms with Crippen LogP contribution in [0.2, 0.25) is 0 Å². The molecule has 0 aliphatic carbocycles. The van der Waals surface area contributed by atoms with Crippen LogP contribution in [0.15, 0.2) is 30.3 Å². The maximum absolute atomic E-state index is 12.9. The second-order valence-electron chi connectivity index (χ2n) is 7.96. The lowest BCUT2D eigenvalue weighted by molar-refractivity contribution is -0.142. The van der Waals surface area contributed by atoms with Crippen molar-refractivity contribution in [3.8, 4) is 0 Å². The number of thiol groups is 1. The Labute approximate surface area is 209 Å². The maximum atomic E-state index is 12.9. The number of benzene rings is 1. The number of carboxylic acids is 1. The number of hydrogen-bond donors (Lipinski definition) is 8. The monoisotopic (exact) mass is 510 g/mol. The average molecular weight is 511 g/mol. The smallest absolute Gasteiger partial charge is 0.326 e. The average Bonchev–Trinajstić information content (AvgIpc) is 2.81. The molecule has 0 heterocycles. The minimum atomic E-state index is -1.25. The summed E-state index contributed by atoms with van der Waals surface area (Å²) in [6, 6.07) is 4.08. The van der Waals surface area contributed by atoms with Crippen LogP contribution in [0.25, 0.3) is 0 Å². The minimum Gasteiger partial charge on any atom is -0.480 e. The van der Waals surface area contributed by atoms with Gasteiger partial charge in [-0.15, -0.1) is 0 Å². The molecule has 0 saturated heterocycles. The van der Waals surface area contributed by atoms with Gasteiger partial charge in [0.1, 0.15) is 18.1 Å². The first-order chi connectivity index (χ1) is 16.6. The summed E-state index contributed by atoms with van der Waals surface area (Å²) in [5, 5.41) is 17.0. The van der Waals surface area contributed by atoms with Crippen LogP contribution < -0.4 is 33.2 Å². The SMILES string of the molecule is NCCCCC(NC(=O)C(CS)NC(=O)C(N)CC(N)=O)C(=O)NC(Cc1ccccc1)C(=O)O. The molecule has 0 aromatic heterocycles. The Morgan fingerprint density at radius 3 is 2.00 bits per heavy atom. The van der Waals surface area contributed by atoms with Crippen molar-refractivity contribution in [2.24, 2.45) is 17.2 Å². The molecular weight excluding hydrogens is 476 g/mol. The highest BCUT2D eigenvalue weighted by Crippen LogP contribution is 2.07. The van der Waals surface area contributed by atoms with Crippen molar-refractivity contribution < 1.29 is 29.1 Å². The molecule has 12 nitrogen and oxygen atoms in total. The molecule has 1 aromatic rings. The molecule has 0 aliphatic rings. The lowest BCUT2D eigenvalue weighted by Crippen LogP contribution is -2.58. The summed E-state index contributed by atoms with van der Waals surface area (Å²) in [5.74, 6) is -4.31. The van der Waals surface area contributed by atoms with Crippen molar-refractivity contribution in [2.75, 3.05) is 12.3 Å². The van der Waals surface area contributed by atoms with Gasteiger partial charge in [0.05, 0.1) is 12.5 Å². The number of carboxylic acid groups (broad SMARTS) is 1. The summed E-state index contributed by atoms with van der Waals surface area (Å²) in [4.78, 5) is 60.6. The second kappa shape index (κ2) is 15.7. The summed E-state index contributed by atoms with van der Waals surface area (Å²) in [6.07, 6.45) is 0.918. The number of aliphatic carboxylic acids is 1. The van der Waals surface area contributed by atoms with Crippen LogP contribution in [0.5, 0.6) is 0 Å². The van der Waals surface area contributed by atoms with Crippen LogP contribution in [-0.4, -0.2) is 71.2 Å². The lowest BCUT2D eigenvalue weighted by Gasteiger charge is -2.24. The molecule has 0 saturated carbocycles. The normalized spacial score (nSPS) is 14.1. The summed E-state index contributed by atoms with van der Waals surface area (Å²) in [7, 11) is 0. The van der Waals surface area contributed by atoms with Gasteiger partial charge in [-0.25, -0.2) is 4.79 Å². The van der Waals surface area contributed by atoms with Crippen LogP contribution in [0, 0.1) is 0 Å². The fourth-order valence-electron chi connectivity index (χ4n) is 3.14. The molecule has 1 aromatic carbocycles.